The minimum absolute atomic E-state index is 0.0848. The van der Waals surface area contributed by atoms with Gasteiger partial charge in [0.25, 0.3) is 5.91 Å². The molecule has 0 bridgehead atoms. The molecule has 1 saturated heterocycles. The van der Waals surface area contributed by atoms with E-state index in [1.54, 1.807) is 6.07 Å². The number of hydrogen-bond donors (Lipinski definition) is 2. The third-order valence-corrected chi connectivity index (χ3v) is 6.96. The number of carbonyl (C=O) groups is 1. The largest absolute Gasteiger partial charge is 0.494 e. The number of fused-ring (bicyclic) bond motifs is 1. The fraction of sp³-hybridized carbons (Fsp3) is 0.400. The molecule has 0 aliphatic carbocycles. The number of hydrogen-bond acceptors (Lipinski definition) is 3. The lowest BCUT2D eigenvalue weighted by Crippen LogP contribution is -2.39. The second-order valence-corrected chi connectivity index (χ2v) is 9.74. The molecule has 5 nitrogen and oxygen atoms in total. The lowest BCUT2D eigenvalue weighted by Gasteiger charge is -2.33. The Kier molecular flexibility index (Phi) is 7.17. The van der Waals surface area contributed by atoms with Crippen molar-refractivity contribution in [2.75, 3.05) is 19.6 Å². The van der Waals surface area contributed by atoms with Gasteiger partial charge in [-0.1, -0.05) is 24.6 Å². The van der Waals surface area contributed by atoms with Crippen LogP contribution in [0.5, 0.6) is 5.88 Å². The van der Waals surface area contributed by atoms with Crippen LogP contribution in [0.4, 0.5) is 0 Å². The third kappa shape index (κ3) is 5.41. The van der Waals surface area contributed by atoms with Gasteiger partial charge >= 0.3 is 0 Å². The summed E-state index contributed by atoms with van der Waals surface area (Å²) in [4.78, 5) is 15.2. The number of carbonyl (C=O) groups excluding carboxylic acids is 1. The van der Waals surface area contributed by atoms with Crippen LogP contribution in [-0.2, 0) is 6.54 Å². The van der Waals surface area contributed by atoms with Gasteiger partial charge in [0.05, 0.1) is 6.54 Å². The molecule has 1 unspecified atom stereocenters. The molecule has 1 aromatic heterocycles. The Balaban J connectivity index is 1.37. The number of halogens is 1. The third-order valence-electron chi connectivity index (χ3n) is 6.24. The van der Waals surface area contributed by atoms with Crippen molar-refractivity contribution in [2.24, 2.45) is 0 Å². The molecule has 2 N–H and O–H groups in total. The molecule has 2 heterocycles. The number of likely N-dealkylation sites (tertiary alicyclic amines) is 1. The van der Waals surface area contributed by atoms with Crippen molar-refractivity contribution in [2.45, 2.75) is 45.2 Å². The molecule has 6 heteroatoms. The molecule has 1 fully saturated rings. The maximum absolute atomic E-state index is 12.6. The highest BCUT2D eigenvalue weighted by Gasteiger charge is 2.17. The average Bonchev–Trinajstić information content (AvgIpc) is 3.08. The summed E-state index contributed by atoms with van der Waals surface area (Å²) in [6.45, 7) is 5.75. The summed E-state index contributed by atoms with van der Waals surface area (Å²) >= 11 is 2.28. The summed E-state index contributed by atoms with van der Waals surface area (Å²) in [6, 6.07) is 14.4. The average molecular weight is 531 g/mol. The lowest BCUT2D eigenvalue weighted by molar-refractivity contribution is 0.0949. The number of nitrogens with one attached hydrogen (secondary N) is 1. The minimum Gasteiger partial charge on any atom is -0.494 e. The first kappa shape index (κ1) is 22.1. The van der Waals surface area contributed by atoms with Gasteiger partial charge in [0.15, 0.2) is 5.88 Å². The molecule has 164 valence electrons. The number of nitrogens with zero attached hydrogens (tertiary/aromatic N) is 2. The summed E-state index contributed by atoms with van der Waals surface area (Å²) in [5.41, 5.74) is 1.71. The van der Waals surface area contributed by atoms with E-state index in [1.165, 1.54) is 29.4 Å². The van der Waals surface area contributed by atoms with E-state index in [1.807, 2.05) is 22.9 Å². The standard InChI is InChI=1S/C25H30IN3O2/c1-18-5-2-3-13-28(18)14-4-12-27-24(30)20-8-9-21-17-29(25(31)23(21)15-20)16-19-6-10-22(26)11-7-19/h6-11,15,17-18,31H,2-5,12-14,16H2,1H3,(H,27,30). The van der Waals surface area contributed by atoms with Crippen molar-refractivity contribution in [1.82, 2.24) is 14.8 Å². The van der Waals surface area contributed by atoms with Gasteiger partial charge in [0, 0.05) is 45.2 Å². The van der Waals surface area contributed by atoms with Crippen molar-refractivity contribution >= 4 is 39.3 Å². The van der Waals surface area contributed by atoms with Gasteiger partial charge in [-0.3, -0.25) is 4.79 Å². The van der Waals surface area contributed by atoms with Crippen LogP contribution in [0.2, 0.25) is 0 Å². The van der Waals surface area contributed by atoms with E-state index < -0.39 is 0 Å². The molecule has 3 aromatic rings. The van der Waals surface area contributed by atoms with E-state index in [0.29, 0.717) is 30.1 Å². The highest BCUT2D eigenvalue weighted by atomic mass is 127. The Hall–Kier alpha value is -2.06. The fourth-order valence-electron chi connectivity index (χ4n) is 4.37. The van der Waals surface area contributed by atoms with Crippen LogP contribution in [0.1, 0.15) is 48.5 Å². The topological polar surface area (TPSA) is 57.5 Å². The summed E-state index contributed by atoms with van der Waals surface area (Å²) in [5.74, 6) is 0.112. The molecule has 1 aliphatic rings. The Morgan fingerprint density at radius 1 is 1.19 bits per heavy atom. The second kappa shape index (κ2) is 10.0. The molecule has 1 amide bonds. The predicted octanol–water partition coefficient (Wildman–Crippen LogP) is 4.99. The van der Waals surface area contributed by atoms with E-state index in [-0.39, 0.29) is 11.8 Å². The lowest BCUT2D eigenvalue weighted by atomic mass is 10.0. The smallest absolute Gasteiger partial charge is 0.251 e. The van der Waals surface area contributed by atoms with Crippen molar-refractivity contribution in [1.29, 1.82) is 0 Å². The molecule has 4 rings (SSSR count). The molecule has 1 atom stereocenters. The second-order valence-electron chi connectivity index (χ2n) is 8.50. The van der Waals surface area contributed by atoms with Crippen LogP contribution >= 0.6 is 22.6 Å². The summed E-state index contributed by atoms with van der Waals surface area (Å²) in [5, 5.41) is 15.4. The van der Waals surface area contributed by atoms with Crippen LogP contribution in [0.15, 0.2) is 48.7 Å². The number of amides is 1. The van der Waals surface area contributed by atoms with Gasteiger partial charge in [-0.15, -0.1) is 0 Å². The molecule has 2 aromatic carbocycles. The summed E-state index contributed by atoms with van der Waals surface area (Å²) in [7, 11) is 0. The maximum atomic E-state index is 12.6. The van der Waals surface area contributed by atoms with Gasteiger partial charge in [-0.05, 0) is 85.2 Å². The van der Waals surface area contributed by atoms with Crippen molar-refractivity contribution < 1.29 is 9.90 Å². The summed E-state index contributed by atoms with van der Waals surface area (Å²) in [6.07, 6.45) is 6.78. The van der Waals surface area contributed by atoms with Gasteiger partial charge in [0.2, 0.25) is 0 Å². The van der Waals surface area contributed by atoms with Crippen LogP contribution in [0.3, 0.4) is 0 Å². The van der Waals surface area contributed by atoms with E-state index in [2.05, 4.69) is 64.0 Å². The van der Waals surface area contributed by atoms with Crippen molar-refractivity contribution in [3.05, 3.63) is 63.4 Å². The van der Waals surface area contributed by atoms with Gasteiger partial charge in [-0.2, -0.15) is 0 Å². The Labute approximate surface area is 197 Å². The maximum Gasteiger partial charge on any atom is 0.251 e. The van der Waals surface area contributed by atoms with E-state index in [4.69, 9.17) is 0 Å². The predicted molar refractivity (Wildman–Crippen MR) is 134 cm³/mol. The zero-order valence-corrected chi connectivity index (χ0v) is 20.1. The molecule has 1 aliphatic heterocycles. The zero-order chi connectivity index (χ0) is 21.8. The molecular formula is C25H30IN3O2. The molecular weight excluding hydrogens is 501 g/mol. The molecule has 0 saturated carbocycles. The van der Waals surface area contributed by atoms with Crippen LogP contribution in [0, 0.1) is 3.57 Å². The van der Waals surface area contributed by atoms with Gasteiger partial charge in [-0.25, -0.2) is 0 Å². The molecule has 31 heavy (non-hydrogen) atoms. The van der Waals surface area contributed by atoms with Crippen molar-refractivity contribution in [3.63, 3.8) is 0 Å². The molecule has 0 radical (unpaired) electrons. The first-order chi connectivity index (χ1) is 15.0. The number of piperidine rings is 1. The SMILES string of the molecule is CC1CCCCN1CCCNC(=O)c1ccc2cn(Cc3ccc(I)cc3)c(O)c2c1. The van der Waals surface area contributed by atoms with Gasteiger partial charge < -0.3 is 19.9 Å². The normalized spacial score (nSPS) is 17.2. The fourth-order valence-corrected chi connectivity index (χ4v) is 4.73. The van der Waals surface area contributed by atoms with Crippen molar-refractivity contribution in [3.8, 4) is 5.88 Å². The van der Waals surface area contributed by atoms with Gasteiger partial charge in [0.1, 0.15) is 0 Å². The molecule has 0 spiro atoms. The highest BCUT2D eigenvalue weighted by Crippen LogP contribution is 2.29. The number of aromatic nitrogens is 1. The van der Waals surface area contributed by atoms with Crippen LogP contribution < -0.4 is 5.32 Å². The number of benzene rings is 2. The van der Waals surface area contributed by atoms with E-state index in [9.17, 15) is 9.90 Å². The Bertz CT molecular complexity index is 1040. The highest BCUT2D eigenvalue weighted by molar-refractivity contribution is 14.1. The Morgan fingerprint density at radius 3 is 2.77 bits per heavy atom. The number of rotatable bonds is 7. The van der Waals surface area contributed by atoms with E-state index in [0.717, 1.165) is 23.9 Å². The van der Waals surface area contributed by atoms with Crippen LogP contribution in [0.25, 0.3) is 10.8 Å². The zero-order valence-electron chi connectivity index (χ0n) is 18.0. The minimum atomic E-state index is -0.0848. The quantitative estimate of drug-likeness (QED) is 0.334. The first-order valence-electron chi connectivity index (χ1n) is 11.1. The Morgan fingerprint density at radius 2 is 2.00 bits per heavy atom. The first-order valence-corrected chi connectivity index (χ1v) is 12.2. The van der Waals surface area contributed by atoms with E-state index >= 15 is 0 Å². The summed E-state index contributed by atoms with van der Waals surface area (Å²) < 4.78 is 3.01. The monoisotopic (exact) mass is 531 g/mol. The van der Waals surface area contributed by atoms with Crippen LogP contribution in [-0.4, -0.2) is 46.2 Å². The number of aromatic hydroxyl groups is 1.